The first-order chi connectivity index (χ1) is 8.47. The van der Waals surface area contributed by atoms with E-state index in [1.807, 2.05) is 0 Å². The Balaban J connectivity index is 5.18. The average Bonchev–Trinajstić information content (AvgIpc) is 2.27. The molecule has 0 aliphatic carbocycles. The quantitative estimate of drug-likeness (QED) is 0.263. The lowest BCUT2D eigenvalue weighted by atomic mass is 10.2. The van der Waals surface area contributed by atoms with Gasteiger partial charge in [0.1, 0.15) is 6.61 Å². The van der Waals surface area contributed by atoms with Crippen LogP contribution in [0, 0.1) is 0 Å². The standard InChI is InChI=1S/C11H16O8/c1-6(2)8(13)18-10(15,5-12)11(16,17)19-9(14)7(3)4/h12,15-17H,1,3,5H2,2,4H3. The molecule has 0 aliphatic rings. The van der Waals surface area contributed by atoms with E-state index in [-0.39, 0.29) is 11.1 Å². The summed E-state index contributed by atoms with van der Waals surface area (Å²) in [5.41, 5.74) is -0.395. The highest BCUT2D eigenvalue weighted by molar-refractivity contribution is 5.88. The summed E-state index contributed by atoms with van der Waals surface area (Å²) in [6, 6.07) is 0. The third-order valence-corrected chi connectivity index (χ3v) is 1.92. The highest BCUT2D eigenvalue weighted by atomic mass is 16.8. The number of aliphatic hydroxyl groups is 4. The van der Waals surface area contributed by atoms with Crippen molar-refractivity contribution in [1.82, 2.24) is 0 Å². The summed E-state index contributed by atoms with van der Waals surface area (Å²) in [6.45, 7) is 7.35. The zero-order chi connectivity index (χ0) is 15.4. The third-order valence-electron chi connectivity index (χ3n) is 1.92. The van der Waals surface area contributed by atoms with Gasteiger partial charge >= 0.3 is 23.7 Å². The summed E-state index contributed by atoms with van der Waals surface area (Å²) in [5.74, 6) is -9.43. The lowest BCUT2D eigenvalue weighted by molar-refractivity contribution is -0.448. The van der Waals surface area contributed by atoms with Crippen LogP contribution in [-0.4, -0.2) is 50.7 Å². The normalized spacial score (nSPS) is 14.2. The van der Waals surface area contributed by atoms with Crippen LogP contribution < -0.4 is 0 Å². The Morgan fingerprint density at radius 1 is 1.00 bits per heavy atom. The maximum Gasteiger partial charge on any atom is 0.396 e. The summed E-state index contributed by atoms with van der Waals surface area (Å²) in [6.07, 6.45) is 0. The first-order valence-electron chi connectivity index (χ1n) is 5.02. The molecular formula is C11H16O8. The van der Waals surface area contributed by atoms with E-state index in [0.29, 0.717) is 0 Å². The van der Waals surface area contributed by atoms with Gasteiger partial charge in [-0.05, 0) is 13.8 Å². The van der Waals surface area contributed by atoms with Crippen LogP contribution >= 0.6 is 0 Å². The van der Waals surface area contributed by atoms with Gasteiger partial charge in [-0.3, -0.25) is 0 Å². The van der Waals surface area contributed by atoms with Crippen molar-refractivity contribution in [2.45, 2.75) is 25.6 Å². The fourth-order valence-electron chi connectivity index (χ4n) is 0.738. The number of hydrogen-bond donors (Lipinski definition) is 4. The minimum absolute atomic E-state index is 0.186. The van der Waals surface area contributed by atoms with Gasteiger partial charge in [0.25, 0.3) is 0 Å². The van der Waals surface area contributed by atoms with Crippen LogP contribution in [0.25, 0.3) is 0 Å². The van der Waals surface area contributed by atoms with Crippen LogP contribution in [0.4, 0.5) is 0 Å². The highest BCUT2D eigenvalue weighted by Crippen LogP contribution is 2.24. The molecule has 0 aromatic carbocycles. The molecule has 4 N–H and O–H groups in total. The molecule has 0 spiro atoms. The van der Waals surface area contributed by atoms with Gasteiger partial charge in [0.2, 0.25) is 0 Å². The fraction of sp³-hybridized carbons (Fsp3) is 0.455. The van der Waals surface area contributed by atoms with Crippen LogP contribution in [-0.2, 0) is 19.1 Å². The smallest absolute Gasteiger partial charge is 0.396 e. The van der Waals surface area contributed by atoms with Crippen molar-refractivity contribution in [3.63, 3.8) is 0 Å². The summed E-state index contributed by atoms with van der Waals surface area (Å²) < 4.78 is 8.35. The van der Waals surface area contributed by atoms with Crippen molar-refractivity contribution in [3.8, 4) is 0 Å². The number of carbonyl (C=O) groups is 2. The van der Waals surface area contributed by atoms with Crippen molar-refractivity contribution in [2.24, 2.45) is 0 Å². The zero-order valence-corrected chi connectivity index (χ0v) is 10.5. The van der Waals surface area contributed by atoms with Gasteiger partial charge in [0, 0.05) is 11.1 Å². The van der Waals surface area contributed by atoms with E-state index < -0.39 is 30.3 Å². The summed E-state index contributed by atoms with van der Waals surface area (Å²) in [7, 11) is 0. The van der Waals surface area contributed by atoms with E-state index in [1.165, 1.54) is 13.8 Å². The van der Waals surface area contributed by atoms with Crippen LogP contribution in [0.1, 0.15) is 13.8 Å². The molecule has 0 bridgehead atoms. The Kier molecular flexibility index (Phi) is 5.39. The zero-order valence-electron chi connectivity index (χ0n) is 10.5. The predicted molar refractivity (Wildman–Crippen MR) is 61.0 cm³/mol. The van der Waals surface area contributed by atoms with Gasteiger partial charge in [-0.1, -0.05) is 13.2 Å². The maximum atomic E-state index is 11.2. The number of aliphatic hydroxyl groups excluding tert-OH is 1. The van der Waals surface area contributed by atoms with E-state index in [9.17, 15) is 24.9 Å². The molecule has 8 heteroatoms. The lowest BCUT2D eigenvalue weighted by Gasteiger charge is -2.35. The maximum absolute atomic E-state index is 11.2. The van der Waals surface area contributed by atoms with Crippen LogP contribution in [0.3, 0.4) is 0 Å². The Morgan fingerprint density at radius 3 is 1.68 bits per heavy atom. The molecule has 0 heterocycles. The number of rotatable bonds is 6. The van der Waals surface area contributed by atoms with E-state index in [2.05, 4.69) is 22.6 Å². The summed E-state index contributed by atoms with van der Waals surface area (Å²) in [5, 5.41) is 37.4. The lowest BCUT2D eigenvalue weighted by Crippen LogP contribution is -2.61. The largest absolute Gasteiger partial charge is 0.417 e. The second-order valence-corrected chi connectivity index (χ2v) is 3.89. The van der Waals surface area contributed by atoms with Gasteiger partial charge in [0.05, 0.1) is 0 Å². The minimum atomic E-state index is -3.66. The van der Waals surface area contributed by atoms with Crippen molar-refractivity contribution in [3.05, 3.63) is 24.3 Å². The molecule has 0 fully saturated rings. The minimum Gasteiger partial charge on any atom is -0.417 e. The van der Waals surface area contributed by atoms with Gasteiger partial charge < -0.3 is 29.9 Å². The van der Waals surface area contributed by atoms with Crippen molar-refractivity contribution in [2.75, 3.05) is 6.61 Å². The van der Waals surface area contributed by atoms with Crippen molar-refractivity contribution in [1.29, 1.82) is 0 Å². The highest BCUT2D eigenvalue weighted by Gasteiger charge is 2.56. The topological polar surface area (TPSA) is 134 Å². The van der Waals surface area contributed by atoms with Gasteiger partial charge in [-0.25, -0.2) is 9.59 Å². The second-order valence-electron chi connectivity index (χ2n) is 3.89. The third kappa shape index (κ3) is 4.14. The molecule has 0 aliphatic heterocycles. The number of ether oxygens (including phenoxy) is 2. The van der Waals surface area contributed by atoms with Gasteiger partial charge in [-0.15, -0.1) is 0 Å². The summed E-state index contributed by atoms with van der Waals surface area (Å²) in [4.78, 5) is 22.4. The molecular weight excluding hydrogens is 260 g/mol. The second kappa shape index (κ2) is 5.93. The first-order valence-corrected chi connectivity index (χ1v) is 5.02. The van der Waals surface area contributed by atoms with Gasteiger partial charge in [0.15, 0.2) is 0 Å². The van der Waals surface area contributed by atoms with Crippen molar-refractivity contribution >= 4 is 11.9 Å². The molecule has 0 aromatic rings. The van der Waals surface area contributed by atoms with Crippen molar-refractivity contribution < 1.29 is 39.5 Å². The van der Waals surface area contributed by atoms with Crippen LogP contribution in [0.2, 0.25) is 0 Å². The van der Waals surface area contributed by atoms with Gasteiger partial charge in [-0.2, -0.15) is 0 Å². The van der Waals surface area contributed by atoms with E-state index >= 15 is 0 Å². The molecule has 1 atom stereocenters. The van der Waals surface area contributed by atoms with E-state index in [1.54, 1.807) is 0 Å². The fourth-order valence-corrected chi connectivity index (χ4v) is 0.738. The monoisotopic (exact) mass is 276 g/mol. The first kappa shape index (κ1) is 17.3. The van der Waals surface area contributed by atoms with Crippen LogP contribution in [0.5, 0.6) is 0 Å². The number of hydrogen-bond acceptors (Lipinski definition) is 8. The molecule has 0 rings (SSSR count). The molecule has 108 valence electrons. The molecule has 1 unspecified atom stereocenters. The Morgan fingerprint density at radius 2 is 1.37 bits per heavy atom. The molecule has 0 saturated carbocycles. The van der Waals surface area contributed by atoms with Crippen LogP contribution in [0.15, 0.2) is 24.3 Å². The Labute approximate surface area is 109 Å². The average molecular weight is 276 g/mol. The van der Waals surface area contributed by atoms with E-state index in [4.69, 9.17) is 5.11 Å². The summed E-state index contributed by atoms with van der Waals surface area (Å²) >= 11 is 0. The Bertz CT molecular complexity index is 411. The Hall–Kier alpha value is -1.74. The predicted octanol–water partition coefficient (Wildman–Crippen LogP) is -1.46. The molecule has 0 radical (unpaired) electrons. The molecule has 0 amide bonds. The number of esters is 2. The molecule has 19 heavy (non-hydrogen) atoms. The molecule has 0 aromatic heterocycles. The molecule has 0 saturated heterocycles. The molecule has 8 nitrogen and oxygen atoms in total. The number of carbonyl (C=O) groups excluding carboxylic acids is 2. The SMILES string of the molecule is C=C(C)C(=O)OC(O)(O)C(O)(CO)OC(=O)C(=C)C. The van der Waals surface area contributed by atoms with E-state index in [0.717, 1.165) is 0 Å².